The van der Waals surface area contributed by atoms with Crippen molar-refractivity contribution in [1.82, 2.24) is 5.32 Å². The summed E-state index contributed by atoms with van der Waals surface area (Å²) in [6.07, 6.45) is 1.78. The number of aliphatic hydroxyl groups is 1. The van der Waals surface area contributed by atoms with Crippen molar-refractivity contribution in [2.75, 3.05) is 13.2 Å². The highest BCUT2D eigenvalue weighted by Crippen LogP contribution is 2.21. The van der Waals surface area contributed by atoms with Gasteiger partial charge in [0.2, 0.25) is 0 Å². The average Bonchev–Trinajstić information content (AvgIpc) is 2.64. The van der Waals surface area contributed by atoms with Gasteiger partial charge in [-0.05, 0) is 44.6 Å². The first-order chi connectivity index (χ1) is 8.93. The zero-order valence-electron chi connectivity index (χ0n) is 12.3. The number of thiophene rings is 1. The van der Waals surface area contributed by atoms with E-state index in [1.807, 2.05) is 19.9 Å². The van der Waals surface area contributed by atoms with Crippen LogP contribution in [-0.2, 0) is 0 Å². The molecule has 1 unspecified atom stereocenters. The molecule has 19 heavy (non-hydrogen) atoms. The number of nitrogens with one attached hydrogen (secondary N) is 1. The van der Waals surface area contributed by atoms with E-state index in [0.29, 0.717) is 18.4 Å². The van der Waals surface area contributed by atoms with Crippen molar-refractivity contribution in [2.45, 2.75) is 40.5 Å². The number of aryl methyl sites for hydroxylation is 2. The number of rotatable bonds is 7. The van der Waals surface area contributed by atoms with Crippen LogP contribution in [0.4, 0.5) is 0 Å². The number of amides is 1. The summed E-state index contributed by atoms with van der Waals surface area (Å²) >= 11 is 1.65. The van der Waals surface area contributed by atoms with Crippen LogP contribution in [0.15, 0.2) is 6.07 Å². The summed E-state index contributed by atoms with van der Waals surface area (Å²) in [5.74, 6) is 0.945. The first-order valence-corrected chi connectivity index (χ1v) is 7.71. The van der Waals surface area contributed by atoms with E-state index < -0.39 is 0 Å². The summed E-state index contributed by atoms with van der Waals surface area (Å²) in [6.45, 7) is 9.15. The molecule has 0 spiro atoms. The minimum absolute atomic E-state index is 0.00791. The van der Waals surface area contributed by atoms with Crippen LogP contribution in [0, 0.1) is 25.7 Å². The number of hydrogen-bond acceptors (Lipinski definition) is 3. The summed E-state index contributed by atoms with van der Waals surface area (Å²) in [6, 6.07) is 1.94. The van der Waals surface area contributed by atoms with Crippen molar-refractivity contribution in [3.63, 3.8) is 0 Å². The molecule has 1 atom stereocenters. The molecular formula is C15H25NO2S. The van der Waals surface area contributed by atoms with Crippen molar-refractivity contribution in [3.8, 4) is 0 Å². The van der Waals surface area contributed by atoms with E-state index >= 15 is 0 Å². The van der Waals surface area contributed by atoms with E-state index in [4.69, 9.17) is 5.11 Å². The smallest absolute Gasteiger partial charge is 0.252 e. The van der Waals surface area contributed by atoms with Gasteiger partial charge in [-0.25, -0.2) is 0 Å². The van der Waals surface area contributed by atoms with E-state index in [1.54, 1.807) is 11.3 Å². The Kier molecular flexibility index (Phi) is 6.52. The molecule has 0 saturated heterocycles. The molecule has 0 aromatic carbocycles. The molecule has 0 aliphatic heterocycles. The zero-order valence-corrected chi connectivity index (χ0v) is 13.1. The number of aliphatic hydroxyl groups excluding tert-OH is 1. The molecule has 0 bridgehead atoms. The number of carbonyl (C=O) groups is 1. The van der Waals surface area contributed by atoms with Gasteiger partial charge in [0.05, 0.1) is 5.56 Å². The van der Waals surface area contributed by atoms with Gasteiger partial charge in [-0.3, -0.25) is 4.79 Å². The highest BCUT2D eigenvalue weighted by molar-refractivity contribution is 7.12. The first-order valence-electron chi connectivity index (χ1n) is 6.90. The number of hydrogen-bond donors (Lipinski definition) is 2. The van der Waals surface area contributed by atoms with Crippen LogP contribution in [-0.4, -0.2) is 24.2 Å². The topological polar surface area (TPSA) is 49.3 Å². The lowest BCUT2D eigenvalue weighted by atomic mass is 9.94. The van der Waals surface area contributed by atoms with E-state index in [-0.39, 0.29) is 12.5 Å². The minimum Gasteiger partial charge on any atom is -0.396 e. The second-order valence-corrected chi connectivity index (χ2v) is 7.01. The van der Waals surface area contributed by atoms with Crippen molar-refractivity contribution in [1.29, 1.82) is 0 Å². The lowest BCUT2D eigenvalue weighted by Crippen LogP contribution is -2.30. The summed E-state index contributed by atoms with van der Waals surface area (Å²) in [5, 5.41) is 12.1. The Morgan fingerprint density at radius 1 is 1.42 bits per heavy atom. The third-order valence-electron chi connectivity index (χ3n) is 3.18. The second-order valence-electron chi connectivity index (χ2n) is 5.54. The third-order valence-corrected chi connectivity index (χ3v) is 4.14. The molecule has 1 heterocycles. The van der Waals surface area contributed by atoms with Gasteiger partial charge in [-0.15, -0.1) is 11.3 Å². The Morgan fingerprint density at radius 2 is 2.11 bits per heavy atom. The Labute approximate surface area is 120 Å². The molecule has 1 rings (SSSR count). The molecule has 1 amide bonds. The standard InChI is InChI=1S/C15H25NO2S/c1-10(2)7-13(5-6-17)9-16-15(18)14-8-11(3)19-12(14)4/h8,10,13,17H,5-7,9H2,1-4H3,(H,16,18). The van der Waals surface area contributed by atoms with Gasteiger partial charge in [-0.1, -0.05) is 13.8 Å². The van der Waals surface area contributed by atoms with Gasteiger partial charge < -0.3 is 10.4 Å². The van der Waals surface area contributed by atoms with E-state index in [2.05, 4.69) is 19.2 Å². The summed E-state index contributed by atoms with van der Waals surface area (Å²) < 4.78 is 0. The molecule has 1 aromatic rings. The predicted octanol–water partition coefficient (Wildman–Crippen LogP) is 3.14. The fourth-order valence-corrected chi connectivity index (χ4v) is 3.26. The fourth-order valence-electron chi connectivity index (χ4n) is 2.34. The SMILES string of the molecule is Cc1cc(C(=O)NCC(CCO)CC(C)C)c(C)s1. The maximum Gasteiger partial charge on any atom is 0.252 e. The minimum atomic E-state index is 0.00791. The molecule has 3 nitrogen and oxygen atoms in total. The van der Waals surface area contributed by atoms with Gasteiger partial charge in [0, 0.05) is 22.9 Å². The van der Waals surface area contributed by atoms with Crippen LogP contribution >= 0.6 is 11.3 Å². The zero-order chi connectivity index (χ0) is 14.4. The van der Waals surface area contributed by atoms with Crippen LogP contribution in [0.3, 0.4) is 0 Å². The van der Waals surface area contributed by atoms with Crippen molar-refractivity contribution in [3.05, 3.63) is 21.4 Å². The number of carbonyl (C=O) groups excluding carboxylic acids is 1. The van der Waals surface area contributed by atoms with E-state index in [1.165, 1.54) is 0 Å². The van der Waals surface area contributed by atoms with Crippen LogP contribution in [0.5, 0.6) is 0 Å². The van der Waals surface area contributed by atoms with Gasteiger partial charge in [0.25, 0.3) is 5.91 Å². The Balaban J connectivity index is 2.54. The highest BCUT2D eigenvalue weighted by atomic mass is 32.1. The van der Waals surface area contributed by atoms with Crippen molar-refractivity contribution >= 4 is 17.2 Å². The van der Waals surface area contributed by atoms with Crippen LogP contribution in [0.25, 0.3) is 0 Å². The monoisotopic (exact) mass is 283 g/mol. The molecular weight excluding hydrogens is 258 g/mol. The van der Waals surface area contributed by atoms with Gasteiger partial charge in [0.1, 0.15) is 0 Å². The molecule has 0 fully saturated rings. The van der Waals surface area contributed by atoms with Crippen LogP contribution in [0.1, 0.15) is 46.8 Å². The van der Waals surface area contributed by atoms with Crippen LogP contribution in [0.2, 0.25) is 0 Å². The van der Waals surface area contributed by atoms with Gasteiger partial charge in [0.15, 0.2) is 0 Å². The Hall–Kier alpha value is -0.870. The highest BCUT2D eigenvalue weighted by Gasteiger charge is 2.15. The summed E-state index contributed by atoms with van der Waals surface area (Å²) in [5.41, 5.74) is 0.787. The van der Waals surface area contributed by atoms with Crippen LogP contribution < -0.4 is 5.32 Å². The molecule has 0 aliphatic carbocycles. The third kappa shape index (κ3) is 5.33. The average molecular weight is 283 g/mol. The van der Waals surface area contributed by atoms with Gasteiger partial charge >= 0.3 is 0 Å². The fraction of sp³-hybridized carbons (Fsp3) is 0.667. The summed E-state index contributed by atoms with van der Waals surface area (Å²) in [7, 11) is 0. The summed E-state index contributed by atoms with van der Waals surface area (Å²) in [4.78, 5) is 14.3. The molecule has 2 N–H and O–H groups in total. The van der Waals surface area contributed by atoms with E-state index in [9.17, 15) is 4.79 Å². The lowest BCUT2D eigenvalue weighted by molar-refractivity contribution is 0.0941. The molecule has 0 radical (unpaired) electrons. The second kappa shape index (κ2) is 7.65. The molecule has 0 aliphatic rings. The quantitative estimate of drug-likeness (QED) is 0.807. The molecule has 108 valence electrons. The molecule has 1 aromatic heterocycles. The normalized spacial score (nSPS) is 12.7. The Bertz CT molecular complexity index is 412. The van der Waals surface area contributed by atoms with Crippen molar-refractivity contribution < 1.29 is 9.90 Å². The maximum absolute atomic E-state index is 12.1. The lowest BCUT2D eigenvalue weighted by Gasteiger charge is -2.18. The van der Waals surface area contributed by atoms with Crippen molar-refractivity contribution in [2.24, 2.45) is 11.8 Å². The van der Waals surface area contributed by atoms with E-state index in [0.717, 1.165) is 28.2 Å². The van der Waals surface area contributed by atoms with Gasteiger partial charge in [-0.2, -0.15) is 0 Å². The molecule has 0 saturated carbocycles. The largest absolute Gasteiger partial charge is 0.396 e. The molecule has 4 heteroatoms. The predicted molar refractivity (Wildman–Crippen MR) is 80.8 cm³/mol. The Morgan fingerprint density at radius 3 is 2.58 bits per heavy atom. The first kappa shape index (κ1) is 16.2. The maximum atomic E-state index is 12.1.